The SMILES string of the molecule is O=S(=O)(O)c1ccc(S(=O)(=O)O)c(N=Nc2cc(S(=O)(=O)O)cc3cc(S(=O)(=O)O)ccc23)c1. The Bertz CT molecular complexity index is 1790. The average molecular weight is 553 g/mol. The quantitative estimate of drug-likeness (QED) is 0.254. The van der Waals surface area contributed by atoms with Crippen molar-refractivity contribution in [1.82, 2.24) is 0 Å². The molecule has 0 saturated carbocycles. The van der Waals surface area contributed by atoms with Crippen LogP contribution >= 0.6 is 0 Å². The molecule has 0 aliphatic carbocycles. The second-order valence-electron chi connectivity index (χ2n) is 6.56. The van der Waals surface area contributed by atoms with Gasteiger partial charge >= 0.3 is 0 Å². The number of hydrogen-bond acceptors (Lipinski definition) is 10. The second-order valence-corrected chi connectivity index (χ2v) is 12.2. The van der Waals surface area contributed by atoms with Gasteiger partial charge < -0.3 is 0 Å². The van der Waals surface area contributed by atoms with Crippen molar-refractivity contribution in [3.8, 4) is 0 Å². The molecule has 3 aromatic carbocycles. The van der Waals surface area contributed by atoms with Crippen molar-refractivity contribution in [3.63, 3.8) is 0 Å². The lowest BCUT2D eigenvalue weighted by Gasteiger charge is -2.07. The number of azo groups is 1. The van der Waals surface area contributed by atoms with E-state index in [0.717, 1.165) is 30.3 Å². The Morgan fingerprint density at radius 1 is 0.500 bits per heavy atom. The molecular weight excluding hydrogens is 540 g/mol. The molecule has 0 atom stereocenters. The van der Waals surface area contributed by atoms with Crippen molar-refractivity contribution in [2.45, 2.75) is 19.6 Å². The molecule has 14 nitrogen and oxygen atoms in total. The Hall–Kier alpha value is -2.84. The third-order valence-corrected chi connectivity index (χ3v) is 7.67. The minimum absolute atomic E-state index is 0.0166. The first-order valence-electron chi connectivity index (χ1n) is 8.41. The third-order valence-electron chi connectivity index (χ3n) is 4.24. The van der Waals surface area contributed by atoms with E-state index in [0.29, 0.717) is 18.2 Å². The number of benzene rings is 3. The summed E-state index contributed by atoms with van der Waals surface area (Å²) in [6.45, 7) is 0. The summed E-state index contributed by atoms with van der Waals surface area (Å²) in [4.78, 5) is -3.11. The summed E-state index contributed by atoms with van der Waals surface area (Å²) in [5, 5.41) is 7.05. The lowest BCUT2D eigenvalue weighted by molar-refractivity contribution is 0.478. The van der Waals surface area contributed by atoms with Crippen LogP contribution in [0, 0.1) is 0 Å². The van der Waals surface area contributed by atoms with Crippen LogP contribution in [0.4, 0.5) is 11.4 Å². The zero-order valence-corrected chi connectivity index (χ0v) is 19.5. The predicted octanol–water partition coefficient (Wildman–Crippen LogP) is 2.24. The van der Waals surface area contributed by atoms with E-state index in [-0.39, 0.29) is 16.5 Å². The van der Waals surface area contributed by atoms with Crippen molar-refractivity contribution in [3.05, 3.63) is 48.5 Å². The molecule has 0 spiro atoms. The maximum atomic E-state index is 11.6. The van der Waals surface area contributed by atoms with E-state index in [1.165, 1.54) is 0 Å². The highest BCUT2D eigenvalue weighted by atomic mass is 32.2. The Balaban J connectivity index is 2.32. The van der Waals surface area contributed by atoms with E-state index in [1.807, 2.05) is 0 Å². The summed E-state index contributed by atoms with van der Waals surface area (Å²) in [6, 6.07) is 6.40. The van der Waals surface area contributed by atoms with Gasteiger partial charge in [0.1, 0.15) is 10.6 Å². The van der Waals surface area contributed by atoms with Gasteiger partial charge in [0.05, 0.1) is 20.4 Å². The summed E-state index contributed by atoms with van der Waals surface area (Å²) in [7, 11) is -19.3. The number of rotatable bonds is 6. The Morgan fingerprint density at radius 3 is 1.47 bits per heavy atom. The van der Waals surface area contributed by atoms with Gasteiger partial charge in [0.25, 0.3) is 40.5 Å². The Labute approximate surface area is 192 Å². The van der Waals surface area contributed by atoms with Gasteiger partial charge in [-0.1, -0.05) is 6.07 Å². The van der Waals surface area contributed by atoms with Gasteiger partial charge in [-0.25, -0.2) is 0 Å². The fraction of sp³-hybridized carbons (Fsp3) is 0. The molecule has 34 heavy (non-hydrogen) atoms. The van der Waals surface area contributed by atoms with Crippen LogP contribution in [0.1, 0.15) is 0 Å². The van der Waals surface area contributed by atoms with E-state index in [1.54, 1.807) is 0 Å². The monoisotopic (exact) mass is 552 g/mol. The first kappa shape index (κ1) is 25.8. The van der Waals surface area contributed by atoms with Gasteiger partial charge in [-0.05, 0) is 47.9 Å². The van der Waals surface area contributed by atoms with E-state index in [4.69, 9.17) is 0 Å². The van der Waals surface area contributed by atoms with Gasteiger partial charge in [0, 0.05) is 5.39 Å². The molecule has 3 rings (SSSR count). The standard InChI is InChI=1S/C16H12N2O12S4/c19-31(20,21)10-1-3-13-9(5-10)6-12(33(25,26)27)8-14(13)17-18-15-7-11(32(22,23)24)2-4-16(15)34(28,29)30/h1-8H,(H,19,20,21)(H,22,23,24)(H,25,26,27)(H,28,29,30). The molecule has 0 fully saturated rings. The normalized spacial score (nSPS) is 13.5. The molecule has 0 aliphatic heterocycles. The highest BCUT2D eigenvalue weighted by molar-refractivity contribution is 7.86. The lowest BCUT2D eigenvalue weighted by atomic mass is 10.1. The second kappa shape index (κ2) is 8.43. The first-order chi connectivity index (χ1) is 15.4. The van der Waals surface area contributed by atoms with E-state index in [2.05, 4.69) is 10.2 Å². The highest BCUT2D eigenvalue weighted by Crippen LogP contribution is 2.34. The fourth-order valence-corrected chi connectivity index (χ4v) is 4.91. The molecule has 0 unspecified atom stereocenters. The molecule has 4 N–H and O–H groups in total. The molecule has 3 aromatic rings. The van der Waals surface area contributed by atoms with E-state index >= 15 is 0 Å². The number of nitrogens with zero attached hydrogens (tertiary/aromatic N) is 2. The maximum absolute atomic E-state index is 11.6. The smallest absolute Gasteiger partial charge is 0.282 e. The molecule has 0 amide bonds. The van der Waals surface area contributed by atoms with Crippen LogP contribution in [0.5, 0.6) is 0 Å². The van der Waals surface area contributed by atoms with Crippen molar-refractivity contribution >= 4 is 62.6 Å². The van der Waals surface area contributed by atoms with Crippen LogP contribution in [0.3, 0.4) is 0 Å². The molecule has 182 valence electrons. The molecule has 0 radical (unpaired) electrons. The largest absolute Gasteiger partial charge is 0.296 e. The van der Waals surface area contributed by atoms with Crippen LogP contribution < -0.4 is 0 Å². The number of hydrogen-bond donors (Lipinski definition) is 4. The van der Waals surface area contributed by atoms with Gasteiger partial charge in [-0.15, -0.1) is 10.2 Å². The molecular formula is C16H12N2O12S4. The van der Waals surface area contributed by atoms with Crippen molar-refractivity contribution in [1.29, 1.82) is 0 Å². The highest BCUT2D eigenvalue weighted by Gasteiger charge is 2.21. The fourth-order valence-electron chi connectivity index (χ4n) is 2.75. The zero-order valence-electron chi connectivity index (χ0n) is 16.2. The summed E-state index contributed by atoms with van der Waals surface area (Å²) in [5.74, 6) is 0. The summed E-state index contributed by atoms with van der Waals surface area (Å²) >= 11 is 0. The first-order valence-corrected chi connectivity index (χ1v) is 14.2. The van der Waals surface area contributed by atoms with Gasteiger partial charge in [0.2, 0.25) is 0 Å². The van der Waals surface area contributed by atoms with Crippen molar-refractivity contribution in [2.75, 3.05) is 0 Å². The maximum Gasteiger partial charge on any atom is 0.296 e. The lowest BCUT2D eigenvalue weighted by Crippen LogP contribution is -2.02. The van der Waals surface area contributed by atoms with E-state index in [9.17, 15) is 51.9 Å². The molecule has 18 heteroatoms. The predicted molar refractivity (Wildman–Crippen MR) is 114 cm³/mol. The molecule has 0 heterocycles. The molecule has 0 saturated heterocycles. The molecule has 0 aromatic heterocycles. The minimum atomic E-state index is -4.96. The van der Waals surface area contributed by atoms with E-state index < -0.39 is 65.7 Å². The van der Waals surface area contributed by atoms with Gasteiger partial charge in [-0.3, -0.25) is 18.2 Å². The molecule has 0 bridgehead atoms. The Kier molecular flexibility index (Phi) is 6.39. The number of fused-ring (bicyclic) bond motifs is 1. The van der Waals surface area contributed by atoms with Crippen molar-refractivity contribution in [2.24, 2.45) is 10.2 Å². The summed E-state index contributed by atoms with van der Waals surface area (Å²) in [5.41, 5.74) is -1.14. The average Bonchev–Trinajstić information content (AvgIpc) is 2.68. The molecule has 0 aliphatic rings. The zero-order chi connectivity index (χ0) is 25.7. The van der Waals surface area contributed by atoms with Crippen LogP contribution in [0.15, 0.2) is 78.3 Å². The summed E-state index contributed by atoms with van der Waals surface area (Å²) in [6.07, 6.45) is 0. The topological polar surface area (TPSA) is 242 Å². The van der Waals surface area contributed by atoms with Crippen LogP contribution in [-0.2, 0) is 40.5 Å². The summed E-state index contributed by atoms with van der Waals surface area (Å²) < 4.78 is 129. The van der Waals surface area contributed by atoms with Gasteiger partial charge in [0.15, 0.2) is 0 Å². The van der Waals surface area contributed by atoms with Crippen molar-refractivity contribution < 1.29 is 51.9 Å². The third kappa shape index (κ3) is 5.62. The van der Waals surface area contributed by atoms with Crippen LogP contribution in [0.2, 0.25) is 0 Å². The minimum Gasteiger partial charge on any atom is -0.282 e. The van der Waals surface area contributed by atoms with Crippen LogP contribution in [-0.4, -0.2) is 51.9 Å². The van der Waals surface area contributed by atoms with Gasteiger partial charge in [-0.2, -0.15) is 33.7 Å². The van der Waals surface area contributed by atoms with Crippen LogP contribution in [0.25, 0.3) is 10.8 Å². The Morgan fingerprint density at radius 2 is 0.941 bits per heavy atom.